The molecule has 0 aliphatic carbocycles. The van der Waals surface area contributed by atoms with Crippen LogP contribution in [0.15, 0.2) is 0 Å². The lowest BCUT2D eigenvalue weighted by molar-refractivity contribution is 0.292. The fraction of sp³-hybridized carbons (Fsp3) is 1.00. The van der Waals surface area contributed by atoms with E-state index < -0.39 is 0 Å². The van der Waals surface area contributed by atoms with Crippen LogP contribution in [0.4, 0.5) is 0 Å². The SMILES string of the molecule is CN(C)C.NCCCNCCO. The number of nitrogens with two attached hydrogens (primary N) is 1. The number of aliphatic hydroxyl groups excluding tert-OH is 1. The zero-order valence-electron chi connectivity index (χ0n) is 8.51. The van der Waals surface area contributed by atoms with E-state index in [1.54, 1.807) is 0 Å². The molecule has 0 unspecified atom stereocenters. The van der Waals surface area contributed by atoms with Gasteiger partial charge in [-0.15, -0.1) is 0 Å². The van der Waals surface area contributed by atoms with Crippen molar-refractivity contribution in [1.29, 1.82) is 0 Å². The molecular weight excluding hydrogens is 154 g/mol. The maximum absolute atomic E-state index is 8.27. The number of rotatable bonds is 5. The summed E-state index contributed by atoms with van der Waals surface area (Å²) in [6, 6.07) is 0. The van der Waals surface area contributed by atoms with Crippen LogP contribution in [-0.2, 0) is 0 Å². The van der Waals surface area contributed by atoms with Crippen molar-refractivity contribution in [3.8, 4) is 0 Å². The lowest BCUT2D eigenvalue weighted by atomic mass is 10.4. The summed E-state index contributed by atoms with van der Waals surface area (Å²) >= 11 is 0. The summed E-state index contributed by atoms with van der Waals surface area (Å²) in [6.07, 6.45) is 0.986. The molecule has 0 atom stereocenters. The molecule has 0 radical (unpaired) electrons. The average molecular weight is 177 g/mol. The summed E-state index contributed by atoms with van der Waals surface area (Å²) in [5.41, 5.74) is 5.21. The Kier molecular flexibility index (Phi) is 16.1. The van der Waals surface area contributed by atoms with Crippen LogP contribution in [0.2, 0.25) is 0 Å². The molecule has 0 saturated carbocycles. The predicted octanol–water partition coefficient (Wildman–Crippen LogP) is -0.905. The van der Waals surface area contributed by atoms with E-state index >= 15 is 0 Å². The minimum Gasteiger partial charge on any atom is -0.395 e. The van der Waals surface area contributed by atoms with Gasteiger partial charge in [-0.2, -0.15) is 0 Å². The van der Waals surface area contributed by atoms with Gasteiger partial charge in [0.1, 0.15) is 0 Å². The highest BCUT2D eigenvalue weighted by atomic mass is 16.3. The van der Waals surface area contributed by atoms with Crippen molar-refractivity contribution in [1.82, 2.24) is 10.2 Å². The summed E-state index contributed by atoms with van der Waals surface area (Å²) in [6.45, 7) is 2.53. The minimum absolute atomic E-state index is 0.213. The topological polar surface area (TPSA) is 61.5 Å². The second kappa shape index (κ2) is 13.4. The minimum atomic E-state index is 0.213. The van der Waals surface area contributed by atoms with Crippen molar-refractivity contribution >= 4 is 0 Å². The quantitative estimate of drug-likeness (QED) is 0.476. The molecule has 0 fully saturated rings. The van der Waals surface area contributed by atoms with Crippen molar-refractivity contribution in [2.45, 2.75) is 6.42 Å². The molecule has 12 heavy (non-hydrogen) atoms. The number of hydrogen-bond donors (Lipinski definition) is 3. The second-order valence-electron chi connectivity index (χ2n) is 2.96. The maximum Gasteiger partial charge on any atom is 0.0555 e. The molecule has 0 amide bonds. The molecular formula is C8H23N3O. The van der Waals surface area contributed by atoms with Crippen LogP contribution >= 0.6 is 0 Å². The lowest BCUT2D eigenvalue weighted by Crippen LogP contribution is -2.21. The molecule has 0 aromatic rings. The Morgan fingerprint density at radius 1 is 1.25 bits per heavy atom. The average Bonchev–Trinajstić information content (AvgIpc) is 1.97. The number of nitrogens with zero attached hydrogens (tertiary/aromatic N) is 1. The largest absolute Gasteiger partial charge is 0.395 e. The predicted molar refractivity (Wildman–Crippen MR) is 53.2 cm³/mol. The Balaban J connectivity index is 0. The Labute approximate surface area is 75.7 Å². The smallest absolute Gasteiger partial charge is 0.0555 e. The fourth-order valence-electron chi connectivity index (χ4n) is 0.431. The van der Waals surface area contributed by atoms with E-state index in [0.29, 0.717) is 6.54 Å². The van der Waals surface area contributed by atoms with Crippen molar-refractivity contribution in [3.05, 3.63) is 0 Å². The molecule has 0 spiro atoms. The van der Waals surface area contributed by atoms with Crippen LogP contribution in [0.3, 0.4) is 0 Å². The van der Waals surface area contributed by atoms with Gasteiger partial charge in [0.05, 0.1) is 6.61 Å². The standard InChI is InChI=1S/C5H14N2O.C3H9N/c6-2-1-3-7-4-5-8;1-4(2)3/h7-8H,1-6H2;1-3H3. The first kappa shape index (κ1) is 14.4. The zero-order valence-corrected chi connectivity index (χ0v) is 8.51. The van der Waals surface area contributed by atoms with Gasteiger partial charge in [0, 0.05) is 6.54 Å². The molecule has 0 bridgehead atoms. The first-order valence-electron chi connectivity index (χ1n) is 4.27. The van der Waals surface area contributed by atoms with E-state index in [1.165, 1.54) is 0 Å². The highest BCUT2D eigenvalue weighted by molar-refractivity contribution is 4.45. The molecule has 4 heteroatoms. The number of nitrogens with one attached hydrogen (secondary N) is 1. The van der Waals surface area contributed by atoms with Gasteiger partial charge in [-0.1, -0.05) is 0 Å². The van der Waals surface area contributed by atoms with Crippen LogP contribution in [0.5, 0.6) is 0 Å². The van der Waals surface area contributed by atoms with Crippen molar-refractivity contribution < 1.29 is 5.11 Å². The van der Waals surface area contributed by atoms with Crippen LogP contribution in [0.1, 0.15) is 6.42 Å². The molecule has 0 aromatic carbocycles. The normalized spacial score (nSPS) is 9.50. The molecule has 0 aliphatic rings. The summed E-state index contributed by atoms with van der Waals surface area (Å²) in [5, 5.41) is 11.3. The summed E-state index contributed by atoms with van der Waals surface area (Å²) in [7, 11) is 6.00. The van der Waals surface area contributed by atoms with Gasteiger partial charge < -0.3 is 21.1 Å². The summed E-state index contributed by atoms with van der Waals surface area (Å²) < 4.78 is 0. The van der Waals surface area contributed by atoms with Gasteiger partial charge in [0.15, 0.2) is 0 Å². The van der Waals surface area contributed by atoms with Gasteiger partial charge in [0.2, 0.25) is 0 Å². The fourth-order valence-corrected chi connectivity index (χ4v) is 0.431. The first-order chi connectivity index (χ1) is 5.65. The van der Waals surface area contributed by atoms with E-state index in [2.05, 4.69) is 5.32 Å². The number of aliphatic hydroxyl groups is 1. The summed E-state index contributed by atoms with van der Waals surface area (Å²) in [4.78, 5) is 2.00. The molecule has 0 aromatic heterocycles. The zero-order chi connectivity index (χ0) is 9.82. The molecule has 76 valence electrons. The van der Waals surface area contributed by atoms with Crippen LogP contribution < -0.4 is 11.1 Å². The Bertz CT molecular complexity index is 60.6. The Morgan fingerprint density at radius 2 is 1.75 bits per heavy atom. The van der Waals surface area contributed by atoms with Gasteiger partial charge in [-0.05, 0) is 40.7 Å². The molecule has 0 rings (SSSR count). The molecule has 4 nitrogen and oxygen atoms in total. The monoisotopic (exact) mass is 177 g/mol. The summed E-state index contributed by atoms with van der Waals surface area (Å²) in [5.74, 6) is 0. The second-order valence-corrected chi connectivity index (χ2v) is 2.96. The van der Waals surface area contributed by atoms with Crippen molar-refractivity contribution in [2.75, 3.05) is 47.4 Å². The van der Waals surface area contributed by atoms with Crippen molar-refractivity contribution in [3.63, 3.8) is 0 Å². The van der Waals surface area contributed by atoms with E-state index in [1.807, 2.05) is 26.0 Å². The van der Waals surface area contributed by atoms with E-state index in [-0.39, 0.29) is 6.61 Å². The van der Waals surface area contributed by atoms with Crippen LogP contribution in [0, 0.1) is 0 Å². The number of hydrogen-bond acceptors (Lipinski definition) is 4. The molecule has 0 saturated heterocycles. The van der Waals surface area contributed by atoms with E-state index in [9.17, 15) is 0 Å². The molecule has 0 heterocycles. The van der Waals surface area contributed by atoms with Crippen LogP contribution in [0.25, 0.3) is 0 Å². The van der Waals surface area contributed by atoms with E-state index in [0.717, 1.165) is 19.5 Å². The van der Waals surface area contributed by atoms with Gasteiger partial charge in [0.25, 0.3) is 0 Å². The Morgan fingerprint density at radius 3 is 2.08 bits per heavy atom. The highest BCUT2D eigenvalue weighted by Gasteiger charge is 1.81. The highest BCUT2D eigenvalue weighted by Crippen LogP contribution is 1.66. The Hall–Kier alpha value is -0.160. The third-order valence-electron chi connectivity index (χ3n) is 0.846. The van der Waals surface area contributed by atoms with Crippen molar-refractivity contribution in [2.24, 2.45) is 5.73 Å². The van der Waals surface area contributed by atoms with Gasteiger partial charge in [-0.25, -0.2) is 0 Å². The lowest BCUT2D eigenvalue weighted by Gasteiger charge is -1.97. The maximum atomic E-state index is 8.27. The van der Waals surface area contributed by atoms with Gasteiger partial charge in [-0.3, -0.25) is 0 Å². The molecule has 0 aliphatic heterocycles. The first-order valence-corrected chi connectivity index (χ1v) is 4.27. The third-order valence-corrected chi connectivity index (χ3v) is 0.846. The third kappa shape index (κ3) is 32.8. The molecule has 4 N–H and O–H groups in total. The van der Waals surface area contributed by atoms with E-state index in [4.69, 9.17) is 10.8 Å². The van der Waals surface area contributed by atoms with Gasteiger partial charge >= 0.3 is 0 Å². The van der Waals surface area contributed by atoms with Crippen LogP contribution in [-0.4, -0.2) is 57.4 Å².